The number of para-hydroxylation sites is 1. The number of aliphatic hydroxyl groups excluding tert-OH is 1. The summed E-state index contributed by atoms with van der Waals surface area (Å²) in [7, 11) is 0. The molecule has 1 aliphatic rings. The summed E-state index contributed by atoms with van der Waals surface area (Å²) in [5.41, 5.74) is 2.41. The number of aliphatic hydroxyl groups is 1. The number of nitrogens with zero attached hydrogens (tertiary/aromatic N) is 3. The summed E-state index contributed by atoms with van der Waals surface area (Å²) in [6, 6.07) is 21.4. The van der Waals surface area contributed by atoms with Gasteiger partial charge in [-0.25, -0.2) is 0 Å². The van der Waals surface area contributed by atoms with Gasteiger partial charge in [-0.15, -0.1) is 0 Å². The summed E-state index contributed by atoms with van der Waals surface area (Å²) in [5.74, 6) is 2.53. The number of carbonyl (C=O) groups excluding carboxylic acids is 1. The quantitative estimate of drug-likeness (QED) is 0.199. The molecule has 1 aliphatic heterocycles. The molecule has 0 amide bonds. The number of ether oxygens (including phenoxy) is 2. The number of aromatic nitrogens is 4. The molecule has 0 radical (unpaired) electrons. The van der Waals surface area contributed by atoms with E-state index in [1.165, 1.54) is 0 Å². The molecule has 0 spiro atoms. The topological polar surface area (TPSA) is 130 Å². The van der Waals surface area contributed by atoms with E-state index < -0.39 is 21.9 Å². The van der Waals surface area contributed by atoms with Crippen LogP contribution >= 0.6 is 0 Å². The van der Waals surface area contributed by atoms with Gasteiger partial charge in [0.2, 0.25) is 0 Å². The first kappa shape index (κ1) is 24.7. The van der Waals surface area contributed by atoms with Crippen molar-refractivity contribution < 1.29 is 24.5 Å². The van der Waals surface area contributed by atoms with Gasteiger partial charge in [0.1, 0.15) is 5.75 Å². The molecule has 37 heavy (non-hydrogen) atoms. The first-order valence-electron chi connectivity index (χ1n) is 11.8. The number of carbonyl (C=O) groups is 1. The minimum atomic E-state index is -1.22. The van der Waals surface area contributed by atoms with Gasteiger partial charge in [0.15, 0.2) is 0 Å². The van der Waals surface area contributed by atoms with Crippen molar-refractivity contribution in [3.63, 3.8) is 0 Å². The van der Waals surface area contributed by atoms with E-state index in [1.807, 2.05) is 24.3 Å². The van der Waals surface area contributed by atoms with E-state index in [1.54, 1.807) is 48.5 Å². The van der Waals surface area contributed by atoms with Crippen molar-refractivity contribution in [1.82, 2.24) is 20.6 Å². The normalized spacial score (nSPS) is 13.9. The number of fused-ring (bicyclic) bond motifs is 1. The van der Waals surface area contributed by atoms with Crippen LogP contribution in [0, 0.1) is 0 Å². The molecule has 0 bridgehead atoms. The average Bonchev–Trinajstić information content (AvgIpc) is 3.46. The molecule has 1 aromatic heterocycles. The van der Waals surface area contributed by atoms with Crippen LogP contribution in [0.2, 0.25) is 0 Å². The average molecular weight is 560 g/mol. The van der Waals surface area contributed by atoms with E-state index in [2.05, 4.69) is 20.6 Å². The van der Waals surface area contributed by atoms with Gasteiger partial charge in [-0.05, 0) is 12.1 Å². The Morgan fingerprint density at radius 3 is 2.62 bits per heavy atom. The molecule has 2 unspecified atom stereocenters. The number of tetrazole rings is 1. The van der Waals surface area contributed by atoms with E-state index in [0.29, 0.717) is 48.8 Å². The molecule has 0 fully saturated rings. The minimum absolute atomic E-state index is 0.0755. The summed E-state index contributed by atoms with van der Waals surface area (Å²) in [6.07, 6.45) is 1.20. The standard InChI is InChI=1S/C27H25AsN4O5/c33-20-11-7-17(8-12-20)23(34)5-3-15-36-21-13-9-18(10-14-21)26(35)28-22-16-19-4-1-2-6-24(19)37-25(22)27-29-31-32-30-27/h1-2,4,6-14,23,28,33-34H,3,5,15-16H2,(H,29,30,31,32). The van der Waals surface area contributed by atoms with Gasteiger partial charge < -0.3 is 5.11 Å². The van der Waals surface area contributed by atoms with Crippen molar-refractivity contribution in [2.45, 2.75) is 25.4 Å². The number of aromatic hydroxyl groups is 1. The van der Waals surface area contributed by atoms with Crippen molar-refractivity contribution in [1.29, 1.82) is 0 Å². The molecule has 5 rings (SSSR count). The Balaban J connectivity index is 1.17. The van der Waals surface area contributed by atoms with Crippen molar-refractivity contribution in [2.75, 3.05) is 6.61 Å². The molecule has 0 saturated heterocycles. The van der Waals surface area contributed by atoms with Crippen molar-refractivity contribution in [3.8, 4) is 17.2 Å². The number of nitrogens with one attached hydrogen (secondary N) is 1. The number of phenols is 1. The zero-order valence-electron chi connectivity index (χ0n) is 19.8. The van der Waals surface area contributed by atoms with Crippen molar-refractivity contribution >= 4 is 26.1 Å². The van der Waals surface area contributed by atoms with Gasteiger partial charge >= 0.3 is 197 Å². The van der Waals surface area contributed by atoms with Gasteiger partial charge in [-0.2, -0.15) is 0 Å². The predicted octanol–water partition coefficient (Wildman–Crippen LogP) is 3.38. The Hall–Kier alpha value is -3.94. The number of aromatic amines is 1. The van der Waals surface area contributed by atoms with Crippen molar-refractivity contribution in [3.05, 3.63) is 99.7 Å². The molecule has 2 atom stereocenters. The summed E-state index contributed by atoms with van der Waals surface area (Å²) < 4.78 is 12.9. The zero-order chi connectivity index (χ0) is 25.6. The number of rotatable bonds is 10. The molecular formula is C27H25AsN4O5. The van der Waals surface area contributed by atoms with Crippen LogP contribution in [0.5, 0.6) is 17.2 Å². The van der Waals surface area contributed by atoms with Crippen LogP contribution in [0.15, 0.2) is 77.2 Å². The number of hydrogen-bond donors (Lipinski definition) is 3. The van der Waals surface area contributed by atoms with Crippen molar-refractivity contribution in [2.24, 2.45) is 0 Å². The van der Waals surface area contributed by atoms with Crippen LogP contribution in [0.1, 0.15) is 46.3 Å². The third-order valence-electron chi connectivity index (χ3n) is 5.94. The molecule has 2 heterocycles. The van der Waals surface area contributed by atoms with Crippen LogP contribution in [-0.4, -0.2) is 57.8 Å². The molecule has 4 aromatic rings. The summed E-state index contributed by atoms with van der Waals surface area (Å²) in [5, 5.41) is 33.7. The van der Waals surface area contributed by atoms with Gasteiger partial charge in [-0.3, -0.25) is 0 Å². The fourth-order valence-electron chi connectivity index (χ4n) is 3.98. The summed E-state index contributed by atoms with van der Waals surface area (Å²) >= 11 is -1.22. The molecule has 3 aromatic carbocycles. The molecule has 188 valence electrons. The Bertz CT molecular complexity index is 1390. The first-order valence-corrected chi connectivity index (χ1v) is 13.9. The second kappa shape index (κ2) is 11.4. The fraction of sp³-hybridized carbons (Fsp3) is 0.185. The van der Waals surface area contributed by atoms with Gasteiger partial charge in [-0.1, -0.05) is 0 Å². The van der Waals surface area contributed by atoms with E-state index in [0.717, 1.165) is 21.2 Å². The Labute approximate surface area is 219 Å². The maximum absolute atomic E-state index is 13.2. The number of allylic oxidation sites excluding steroid dienone is 1. The SMILES string of the molecule is O=C([AsH]C1=C(c2nnn[nH]2)Oc2ccccc2C1)c1ccc(OCCCC(O)c2ccc(O)cc2)cc1. The van der Waals surface area contributed by atoms with Crippen LogP contribution in [-0.2, 0) is 6.42 Å². The Kier molecular flexibility index (Phi) is 7.63. The van der Waals surface area contributed by atoms with E-state index in [-0.39, 0.29) is 10.3 Å². The molecule has 0 aliphatic carbocycles. The third kappa shape index (κ3) is 6.07. The molecule has 10 heteroatoms. The number of phenolic OH excluding ortho intramolecular Hbond substituents is 1. The monoisotopic (exact) mass is 560 g/mol. The molecule has 3 N–H and O–H groups in total. The fourth-order valence-corrected chi connectivity index (χ4v) is 6.39. The molecular weight excluding hydrogens is 535 g/mol. The second-order valence-corrected chi connectivity index (χ2v) is 11.3. The molecule has 0 saturated carbocycles. The van der Waals surface area contributed by atoms with E-state index in [9.17, 15) is 15.0 Å². The number of hydrogen-bond acceptors (Lipinski definition) is 8. The summed E-state index contributed by atoms with van der Waals surface area (Å²) in [4.78, 5) is 13.2. The van der Waals surface area contributed by atoms with Gasteiger partial charge in [0.05, 0.1) is 0 Å². The first-order chi connectivity index (χ1) is 18.1. The summed E-state index contributed by atoms with van der Waals surface area (Å²) in [6.45, 7) is 0.439. The van der Waals surface area contributed by atoms with Crippen LogP contribution in [0.3, 0.4) is 0 Å². The van der Waals surface area contributed by atoms with Crippen LogP contribution in [0.4, 0.5) is 0 Å². The third-order valence-corrected chi connectivity index (χ3v) is 8.50. The van der Waals surface area contributed by atoms with Crippen LogP contribution < -0.4 is 9.47 Å². The van der Waals surface area contributed by atoms with Crippen LogP contribution in [0.25, 0.3) is 5.76 Å². The zero-order valence-corrected chi connectivity index (χ0v) is 21.9. The Morgan fingerprint density at radius 2 is 1.86 bits per heavy atom. The predicted molar refractivity (Wildman–Crippen MR) is 138 cm³/mol. The Morgan fingerprint density at radius 1 is 1.08 bits per heavy atom. The second-order valence-electron chi connectivity index (χ2n) is 8.52. The van der Waals surface area contributed by atoms with E-state index >= 15 is 0 Å². The van der Waals surface area contributed by atoms with Gasteiger partial charge in [0, 0.05) is 0 Å². The maximum atomic E-state index is 13.2. The van der Waals surface area contributed by atoms with Gasteiger partial charge in [0.25, 0.3) is 0 Å². The van der Waals surface area contributed by atoms with E-state index in [4.69, 9.17) is 9.47 Å². The molecule has 9 nitrogen and oxygen atoms in total. The number of benzene rings is 3. The number of H-pyrrole nitrogens is 1.